The van der Waals surface area contributed by atoms with Gasteiger partial charge in [-0.3, -0.25) is 4.79 Å². The molecule has 2 aliphatic carbocycles. The van der Waals surface area contributed by atoms with Crippen molar-refractivity contribution in [1.29, 1.82) is 0 Å². The Bertz CT molecular complexity index is 532. The molecular weight excluding hydrogens is 324 g/mol. The Kier molecular flexibility index (Phi) is 7.53. The largest absolute Gasteiger partial charge is 0.374 e. The van der Waals surface area contributed by atoms with E-state index in [0.29, 0.717) is 12.7 Å². The van der Waals surface area contributed by atoms with Crippen molar-refractivity contribution in [2.45, 2.75) is 70.1 Å². The Labute approximate surface area is 150 Å². The van der Waals surface area contributed by atoms with Crippen molar-refractivity contribution in [2.24, 2.45) is 11.7 Å². The van der Waals surface area contributed by atoms with Crippen LogP contribution in [0.5, 0.6) is 0 Å². The normalized spacial score (nSPS) is 24.4. The van der Waals surface area contributed by atoms with E-state index in [-0.39, 0.29) is 30.3 Å². The predicted molar refractivity (Wildman–Crippen MR) is 99.3 cm³/mol. The van der Waals surface area contributed by atoms with E-state index in [0.717, 1.165) is 30.5 Å². The van der Waals surface area contributed by atoms with Gasteiger partial charge < -0.3 is 15.8 Å². The topological polar surface area (TPSA) is 64.4 Å². The molecule has 0 spiro atoms. The number of nitrogens with one attached hydrogen (secondary N) is 1. The fraction of sp³-hybridized carbons (Fsp3) is 0.632. The van der Waals surface area contributed by atoms with E-state index in [9.17, 15) is 4.79 Å². The number of benzene rings is 1. The molecule has 2 unspecified atom stereocenters. The predicted octanol–water partition coefficient (Wildman–Crippen LogP) is 4.02. The SMILES string of the molecule is Cl.NC1CCC(C(=O)Nc2cccc(COC3CCCCC3)c2)C1. The first kappa shape index (κ1) is 19.2. The second-order valence-corrected chi connectivity index (χ2v) is 7.03. The van der Waals surface area contributed by atoms with E-state index in [1.54, 1.807) is 0 Å². The molecule has 1 aromatic rings. The van der Waals surface area contributed by atoms with Gasteiger partial charge in [-0.15, -0.1) is 12.4 Å². The highest BCUT2D eigenvalue weighted by molar-refractivity contribution is 5.92. The molecule has 24 heavy (non-hydrogen) atoms. The minimum Gasteiger partial charge on any atom is -0.374 e. The minimum absolute atomic E-state index is 0. The Balaban J connectivity index is 0.00000208. The summed E-state index contributed by atoms with van der Waals surface area (Å²) >= 11 is 0. The van der Waals surface area contributed by atoms with Crippen LogP contribution in [0.4, 0.5) is 5.69 Å². The van der Waals surface area contributed by atoms with Gasteiger partial charge in [0, 0.05) is 17.6 Å². The third-order valence-corrected chi connectivity index (χ3v) is 5.08. The summed E-state index contributed by atoms with van der Waals surface area (Å²) in [5.41, 5.74) is 7.88. The third-order valence-electron chi connectivity index (χ3n) is 5.08. The number of amides is 1. The van der Waals surface area contributed by atoms with Crippen LogP contribution in [0.15, 0.2) is 24.3 Å². The van der Waals surface area contributed by atoms with Gasteiger partial charge >= 0.3 is 0 Å². The lowest BCUT2D eigenvalue weighted by atomic mass is 9.98. The van der Waals surface area contributed by atoms with Gasteiger partial charge in [0.05, 0.1) is 12.7 Å². The number of rotatable bonds is 5. The van der Waals surface area contributed by atoms with E-state index < -0.39 is 0 Å². The maximum atomic E-state index is 12.3. The van der Waals surface area contributed by atoms with Crippen LogP contribution < -0.4 is 11.1 Å². The van der Waals surface area contributed by atoms with Crippen molar-refractivity contribution in [2.75, 3.05) is 5.32 Å². The Morgan fingerprint density at radius 1 is 1.17 bits per heavy atom. The first-order valence-electron chi connectivity index (χ1n) is 8.97. The molecule has 0 saturated heterocycles. The smallest absolute Gasteiger partial charge is 0.227 e. The summed E-state index contributed by atoms with van der Waals surface area (Å²) in [5, 5.41) is 3.03. The zero-order valence-corrected chi connectivity index (χ0v) is 15.0. The molecule has 1 aromatic carbocycles. The summed E-state index contributed by atoms with van der Waals surface area (Å²) in [4.78, 5) is 12.3. The number of carbonyl (C=O) groups excluding carboxylic acids is 1. The Morgan fingerprint density at radius 3 is 2.67 bits per heavy atom. The summed E-state index contributed by atoms with van der Waals surface area (Å²) in [6.45, 7) is 0.628. The van der Waals surface area contributed by atoms with Crippen LogP contribution in [0.2, 0.25) is 0 Å². The number of ether oxygens (including phenoxy) is 1. The van der Waals surface area contributed by atoms with Crippen LogP contribution in [0.3, 0.4) is 0 Å². The van der Waals surface area contributed by atoms with Gasteiger partial charge in [0.25, 0.3) is 0 Å². The zero-order chi connectivity index (χ0) is 16.1. The monoisotopic (exact) mass is 352 g/mol. The molecule has 2 saturated carbocycles. The molecule has 5 heteroatoms. The quantitative estimate of drug-likeness (QED) is 0.841. The van der Waals surface area contributed by atoms with Crippen molar-refractivity contribution in [3.05, 3.63) is 29.8 Å². The van der Waals surface area contributed by atoms with Crippen LogP contribution in [0, 0.1) is 5.92 Å². The molecule has 0 aliphatic heterocycles. The minimum atomic E-state index is 0. The third kappa shape index (κ3) is 5.47. The number of halogens is 1. The van der Waals surface area contributed by atoms with Crippen molar-refractivity contribution in [1.82, 2.24) is 0 Å². The van der Waals surface area contributed by atoms with Crippen LogP contribution in [-0.4, -0.2) is 18.1 Å². The van der Waals surface area contributed by atoms with Crippen molar-refractivity contribution >= 4 is 24.0 Å². The lowest BCUT2D eigenvalue weighted by Gasteiger charge is -2.22. The summed E-state index contributed by atoms with van der Waals surface area (Å²) in [7, 11) is 0. The lowest BCUT2D eigenvalue weighted by Crippen LogP contribution is -2.23. The van der Waals surface area contributed by atoms with Gasteiger partial charge in [-0.25, -0.2) is 0 Å². The molecule has 4 nitrogen and oxygen atoms in total. The lowest BCUT2D eigenvalue weighted by molar-refractivity contribution is -0.119. The number of carbonyl (C=O) groups is 1. The number of anilines is 1. The summed E-state index contributed by atoms with van der Waals surface area (Å²) in [6, 6.07) is 8.19. The molecule has 0 aromatic heterocycles. The first-order valence-corrected chi connectivity index (χ1v) is 8.97. The number of hydrogen-bond acceptors (Lipinski definition) is 3. The highest BCUT2D eigenvalue weighted by atomic mass is 35.5. The highest BCUT2D eigenvalue weighted by Gasteiger charge is 2.27. The average Bonchev–Trinajstić information content (AvgIpc) is 3.01. The molecule has 2 fully saturated rings. The van der Waals surface area contributed by atoms with Crippen molar-refractivity contribution < 1.29 is 9.53 Å². The van der Waals surface area contributed by atoms with E-state index >= 15 is 0 Å². The molecule has 134 valence electrons. The molecule has 2 atom stereocenters. The standard InChI is InChI=1S/C19H28N2O2.ClH/c20-16-10-9-15(12-16)19(22)21-17-6-4-5-14(11-17)13-23-18-7-2-1-3-8-18;/h4-6,11,15-16,18H,1-3,7-10,12-13,20H2,(H,21,22);1H. The molecule has 0 radical (unpaired) electrons. The Hall–Kier alpha value is -1.10. The van der Waals surface area contributed by atoms with E-state index in [1.165, 1.54) is 32.1 Å². The van der Waals surface area contributed by atoms with Crippen LogP contribution in [-0.2, 0) is 16.1 Å². The van der Waals surface area contributed by atoms with Crippen LogP contribution in [0.25, 0.3) is 0 Å². The van der Waals surface area contributed by atoms with Gasteiger partial charge in [-0.1, -0.05) is 31.4 Å². The van der Waals surface area contributed by atoms with Gasteiger partial charge in [-0.2, -0.15) is 0 Å². The van der Waals surface area contributed by atoms with Gasteiger partial charge in [-0.05, 0) is 49.8 Å². The first-order chi connectivity index (χ1) is 11.2. The summed E-state index contributed by atoms with van der Waals surface area (Å²) < 4.78 is 6.01. The molecule has 3 rings (SSSR count). The zero-order valence-electron chi connectivity index (χ0n) is 14.2. The average molecular weight is 353 g/mol. The van der Waals surface area contributed by atoms with Gasteiger partial charge in [0.2, 0.25) is 5.91 Å². The Morgan fingerprint density at radius 2 is 1.96 bits per heavy atom. The molecule has 0 heterocycles. The molecule has 0 bridgehead atoms. The maximum Gasteiger partial charge on any atom is 0.227 e. The van der Waals surface area contributed by atoms with Crippen molar-refractivity contribution in [3.63, 3.8) is 0 Å². The second-order valence-electron chi connectivity index (χ2n) is 7.03. The molecular formula is C19H29ClN2O2. The fourth-order valence-electron chi connectivity index (χ4n) is 3.68. The van der Waals surface area contributed by atoms with E-state index in [4.69, 9.17) is 10.5 Å². The van der Waals surface area contributed by atoms with Gasteiger partial charge in [0.15, 0.2) is 0 Å². The van der Waals surface area contributed by atoms with E-state index in [1.807, 2.05) is 18.2 Å². The highest BCUT2D eigenvalue weighted by Crippen LogP contribution is 2.26. The summed E-state index contributed by atoms with van der Waals surface area (Å²) in [5.74, 6) is 0.162. The van der Waals surface area contributed by atoms with Crippen LogP contribution in [0.1, 0.15) is 56.9 Å². The van der Waals surface area contributed by atoms with Crippen molar-refractivity contribution in [3.8, 4) is 0 Å². The summed E-state index contributed by atoms with van der Waals surface area (Å²) in [6.07, 6.45) is 9.32. The van der Waals surface area contributed by atoms with Gasteiger partial charge in [0.1, 0.15) is 0 Å². The number of hydrogen-bond donors (Lipinski definition) is 2. The molecule has 2 aliphatic rings. The molecule has 1 amide bonds. The van der Waals surface area contributed by atoms with E-state index in [2.05, 4.69) is 11.4 Å². The fourth-order valence-corrected chi connectivity index (χ4v) is 3.68. The molecule has 3 N–H and O–H groups in total. The number of nitrogens with two attached hydrogens (primary N) is 1. The second kappa shape index (κ2) is 9.40. The maximum absolute atomic E-state index is 12.3. The van der Waals surface area contributed by atoms with Crippen LogP contribution >= 0.6 is 12.4 Å².